The van der Waals surface area contributed by atoms with Crippen molar-refractivity contribution in [2.75, 3.05) is 5.32 Å². The summed E-state index contributed by atoms with van der Waals surface area (Å²) < 4.78 is 1.89. The van der Waals surface area contributed by atoms with Crippen molar-refractivity contribution in [2.24, 2.45) is 0 Å². The smallest absolute Gasteiger partial charge is 0.232 e. The van der Waals surface area contributed by atoms with Crippen molar-refractivity contribution in [1.29, 1.82) is 0 Å². The van der Waals surface area contributed by atoms with E-state index in [4.69, 9.17) is 0 Å². The van der Waals surface area contributed by atoms with Crippen molar-refractivity contribution in [3.05, 3.63) is 53.3 Å². The van der Waals surface area contributed by atoms with E-state index in [-0.39, 0.29) is 0 Å². The Morgan fingerprint density at radius 3 is 2.80 bits per heavy atom. The first kappa shape index (κ1) is 12.3. The van der Waals surface area contributed by atoms with E-state index in [1.54, 1.807) is 12.3 Å². The normalized spacial score (nSPS) is 10.7. The van der Waals surface area contributed by atoms with Gasteiger partial charge < -0.3 is 5.32 Å². The third-order valence-electron chi connectivity index (χ3n) is 3.39. The van der Waals surface area contributed by atoms with Crippen LogP contribution in [0.3, 0.4) is 0 Å². The molecule has 0 atom stereocenters. The molecule has 0 bridgehead atoms. The van der Waals surface area contributed by atoms with Crippen molar-refractivity contribution < 1.29 is 4.79 Å². The molecule has 0 aliphatic heterocycles. The van der Waals surface area contributed by atoms with E-state index >= 15 is 0 Å². The van der Waals surface area contributed by atoms with E-state index in [1.165, 1.54) is 0 Å². The molecule has 5 nitrogen and oxygen atoms in total. The van der Waals surface area contributed by atoms with Crippen LogP contribution in [0, 0.1) is 13.8 Å². The number of para-hydroxylation sites is 1. The predicted octanol–water partition coefficient (Wildman–Crippen LogP) is 2.90. The number of aryl methyl sites for hydroxylation is 2. The van der Waals surface area contributed by atoms with Gasteiger partial charge in [-0.25, -0.2) is 0 Å². The lowest BCUT2D eigenvalue weighted by Crippen LogP contribution is -2.05. The second kappa shape index (κ2) is 4.77. The molecule has 0 unspecified atom stereocenters. The lowest BCUT2D eigenvalue weighted by atomic mass is 10.2. The van der Waals surface area contributed by atoms with Gasteiger partial charge in [-0.1, -0.05) is 18.2 Å². The largest absolute Gasteiger partial charge is 0.324 e. The topological polar surface area (TPSA) is 59.3 Å². The number of fused-ring (bicyclic) bond motifs is 1. The van der Waals surface area contributed by atoms with Gasteiger partial charge in [-0.2, -0.15) is 5.10 Å². The van der Waals surface area contributed by atoms with Gasteiger partial charge in [0, 0.05) is 16.9 Å². The van der Waals surface area contributed by atoms with Gasteiger partial charge >= 0.3 is 0 Å². The summed E-state index contributed by atoms with van der Waals surface area (Å²) in [4.78, 5) is 11.0. The Morgan fingerprint density at radius 1 is 1.25 bits per heavy atom. The fourth-order valence-electron chi connectivity index (χ4n) is 2.25. The highest BCUT2D eigenvalue weighted by molar-refractivity contribution is 5.81. The minimum Gasteiger partial charge on any atom is -0.324 e. The molecule has 5 heteroatoms. The maximum absolute atomic E-state index is 11.0. The molecule has 0 aliphatic carbocycles. The SMILES string of the molecule is Cc1ccccc1Nc1nncc2cc(C=O)c(C)n12. The first-order chi connectivity index (χ1) is 9.70. The maximum atomic E-state index is 11.0. The van der Waals surface area contributed by atoms with Gasteiger partial charge in [0.2, 0.25) is 5.95 Å². The summed E-state index contributed by atoms with van der Waals surface area (Å²) in [7, 11) is 0. The second-order valence-electron chi connectivity index (χ2n) is 4.67. The van der Waals surface area contributed by atoms with Crippen LogP contribution in [0.25, 0.3) is 5.52 Å². The molecule has 0 saturated carbocycles. The molecule has 2 aromatic heterocycles. The molecule has 3 aromatic rings. The number of carbonyl (C=O) groups excluding carboxylic acids is 1. The van der Waals surface area contributed by atoms with Crippen LogP contribution < -0.4 is 5.32 Å². The van der Waals surface area contributed by atoms with E-state index in [1.807, 2.05) is 42.5 Å². The molecule has 3 rings (SSSR count). The van der Waals surface area contributed by atoms with Crippen molar-refractivity contribution in [3.8, 4) is 0 Å². The molecule has 0 fully saturated rings. The average molecular weight is 266 g/mol. The van der Waals surface area contributed by atoms with Gasteiger partial charge in [0.25, 0.3) is 0 Å². The number of benzene rings is 1. The highest BCUT2D eigenvalue weighted by atomic mass is 16.1. The Kier molecular flexibility index (Phi) is 2.95. The highest BCUT2D eigenvalue weighted by Crippen LogP contribution is 2.22. The molecule has 0 radical (unpaired) electrons. The number of nitrogens with zero attached hydrogens (tertiary/aromatic N) is 3. The molecule has 2 heterocycles. The monoisotopic (exact) mass is 266 g/mol. The third kappa shape index (κ3) is 1.93. The van der Waals surface area contributed by atoms with Crippen LogP contribution in [0.5, 0.6) is 0 Å². The van der Waals surface area contributed by atoms with Crippen LogP contribution in [0.2, 0.25) is 0 Å². The van der Waals surface area contributed by atoms with E-state index in [2.05, 4.69) is 15.5 Å². The van der Waals surface area contributed by atoms with Gasteiger partial charge in [0.05, 0.1) is 11.7 Å². The minimum absolute atomic E-state index is 0.599. The van der Waals surface area contributed by atoms with Crippen LogP contribution in [0.1, 0.15) is 21.6 Å². The third-order valence-corrected chi connectivity index (χ3v) is 3.39. The van der Waals surface area contributed by atoms with Crippen molar-refractivity contribution in [1.82, 2.24) is 14.6 Å². The van der Waals surface area contributed by atoms with Crippen LogP contribution in [-0.2, 0) is 0 Å². The maximum Gasteiger partial charge on any atom is 0.232 e. The molecule has 0 aliphatic rings. The quantitative estimate of drug-likeness (QED) is 0.740. The Bertz CT molecular complexity index is 792. The fourth-order valence-corrected chi connectivity index (χ4v) is 2.25. The zero-order valence-electron chi connectivity index (χ0n) is 11.3. The van der Waals surface area contributed by atoms with Crippen LogP contribution >= 0.6 is 0 Å². The van der Waals surface area contributed by atoms with Crippen molar-refractivity contribution >= 4 is 23.4 Å². The summed E-state index contributed by atoms with van der Waals surface area (Å²) in [5.74, 6) is 0.599. The number of rotatable bonds is 3. The Morgan fingerprint density at radius 2 is 2.05 bits per heavy atom. The number of hydrogen-bond acceptors (Lipinski definition) is 4. The summed E-state index contributed by atoms with van der Waals surface area (Å²) in [6.45, 7) is 3.91. The summed E-state index contributed by atoms with van der Waals surface area (Å²) in [5, 5.41) is 11.4. The van der Waals surface area contributed by atoms with Gasteiger partial charge in [0.1, 0.15) is 0 Å². The van der Waals surface area contributed by atoms with Crippen LogP contribution in [0.15, 0.2) is 36.5 Å². The number of nitrogens with one attached hydrogen (secondary N) is 1. The number of aldehydes is 1. The zero-order valence-corrected chi connectivity index (χ0v) is 11.3. The Hall–Kier alpha value is -2.69. The average Bonchev–Trinajstić information content (AvgIpc) is 2.79. The van der Waals surface area contributed by atoms with E-state index < -0.39 is 0 Å². The zero-order chi connectivity index (χ0) is 14.1. The highest BCUT2D eigenvalue weighted by Gasteiger charge is 2.11. The van der Waals surface area contributed by atoms with E-state index in [9.17, 15) is 4.79 Å². The molecular weight excluding hydrogens is 252 g/mol. The molecule has 0 spiro atoms. The van der Waals surface area contributed by atoms with Gasteiger partial charge in [-0.05, 0) is 31.5 Å². The summed E-state index contributed by atoms with van der Waals surface area (Å²) in [5.41, 5.74) is 4.42. The molecule has 100 valence electrons. The van der Waals surface area contributed by atoms with E-state index in [0.717, 1.165) is 28.7 Å². The van der Waals surface area contributed by atoms with Crippen LogP contribution in [0.4, 0.5) is 11.6 Å². The molecule has 0 saturated heterocycles. The minimum atomic E-state index is 0.599. The lowest BCUT2D eigenvalue weighted by Gasteiger charge is -2.10. The molecule has 0 amide bonds. The van der Waals surface area contributed by atoms with Crippen molar-refractivity contribution in [2.45, 2.75) is 13.8 Å². The van der Waals surface area contributed by atoms with E-state index in [0.29, 0.717) is 11.5 Å². The number of carbonyl (C=O) groups is 1. The fraction of sp³-hybridized carbons (Fsp3) is 0.133. The first-order valence-electron chi connectivity index (χ1n) is 6.32. The van der Waals surface area contributed by atoms with Crippen LogP contribution in [-0.4, -0.2) is 20.9 Å². The molecule has 20 heavy (non-hydrogen) atoms. The summed E-state index contributed by atoms with van der Waals surface area (Å²) in [6, 6.07) is 9.76. The Labute approximate surface area is 116 Å². The molecule has 1 N–H and O–H groups in total. The summed E-state index contributed by atoms with van der Waals surface area (Å²) >= 11 is 0. The van der Waals surface area contributed by atoms with Gasteiger partial charge in [-0.15, -0.1) is 5.10 Å². The van der Waals surface area contributed by atoms with Crippen molar-refractivity contribution in [3.63, 3.8) is 0 Å². The summed E-state index contributed by atoms with van der Waals surface area (Å²) in [6.07, 6.45) is 2.49. The molecular formula is C15H14N4O. The lowest BCUT2D eigenvalue weighted by molar-refractivity contribution is 0.112. The standard InChI is InChI=1S/C15H14N4O/c1-10-5-3-4-6-14(10)17-15-18-16-8-13-7-12(9-20)11(2)19(13)15/h3-9H,1-2H3,(H,17,18). The number of anilines is 2. The van der Waals surface area contributed by atoms with Gasteiger partial charge in [0.15, 0.2) is 6.29 Å². The number of aromatic nitrogens is 3. The Balaban J connectivity index is 2.15. The molecule has 1 aromatic carbocycles. The number of hydrogen-bond donors (Lipinski definition) is 1. The second-order valence-corrected chi connectivity index (χ2v) is 4.67. The van der Waals surface area contributed by atoms with Gasteiger partial charge in [-0.3, -0.25) is 9.20 Å². The predicted molar refractivity (Wildman–Crippen MR) is 77.6 cm³/mol. The first-order valence-corrected chi connectivity index (χ1v) is 6.32.